The maximum Gasteiger partial charge on any atom is 0.251 e. The Kier molecular flexibility index (Phi) is 5.46. The van der Waals surface area contributed by atoms with E-state index in [1.807, 2.05) is 18.2 Å². The minimum atomic E-state index is -0.0745. The lowest BCUT2D eigenvalue weighted by atomic mass is 9.89. The highest BCUT2D eigenvalue weighted by Gasteiger charge is 2.20. The molecule has 27 heavy (non-hydrogen) atoms. The molecule has 0 atom stereocenters. The van der Waals surface area contributed by atoms with Crippen LogP contribution in [0, 0.1) is 5.92 Å². The molecule has 0 unspecified atom stereocenters. The molecule has 1 aromatic carbocycles. The SMILES string of the molecule is O=C(NCCNC(=O)C1CCCCC1)c1ccc2[nH]c3c(c2c1)CCCC3. The highest BCUT2D eigenvalue weighted by atomic mass is 16.2. The number of hydrogen-bond donors (Lipinski definition) is 3. The van der Waals surface area contributed by atoms with Gasteiger partial charge in [-0.3, -0.25) is 9.59 Å². The van der Waals surface area contributed by atoms with Gasteiger partial charge in [-0.05, 0) is 62.3 Å². The van der Waals surface area contributed by atoms with Crippen molar-refractivity contribution in [3.8, 4) is 0 Å². The van der Waals surface area contributed by atoms with E-state index in [1.165, 1.54) is 35.9 Å². The number of aromatic nitrogens is 1. The van der Waals surface area contributed by atoms with Gasteiger partial charge >= 0.3 is 0 Å². The number of rotatable bonds is 5. The van der Waals surface area contributed by atoms with Gasteiger partial charge in [0.1, 0.15) is 0 Å². The maximum atomic E-state index is 12.5. The molecule has 0 saturated heterocycles. The Balaban J connectivity index is 1.31. The normalized spacial score (nSPS) is 17.5. The van der Waals surface area contributed by atoms with Gasteiger partial charge in [-0.2, -0.15) is 0 Å². The summed E-state index contributed by atoms with van der Waals surface area (Å²) in [6.45, 7) is 0.948. The lowest BCUT2D eigenvalue weighted by molar-refractivity contribution is -0.125. The fourth-order valence-corrected chi connectivity index (χ4v) is 4.52. The predicted molar refractivity (Wildman–Crippen MR) is 107 cm³/mol. The molecule has 5 heteroatoms. The van der Waals surface area contributed by atoms with Gasteiger partial charge in [0, 0.05) is 41.2 Å². The second kappa shape index (κ2) is 8.15. The molecule has 1 saturated carbocycles. The van der Waals surface area contributed by atoms with Crippen LogP contribution in [0.15, 0.2) is 18.2 Å². The van der Waals surface area contributed by atoms with Crippen molar-refractivity contribution in [1.82, 2.24) is 15.6 Å². The van der Waals surface area contributed by atoms with Gasteiger partial charge in [-0.15, -0.1) is 0 Å². The molecule has 4 rings (SSSR count). The topological polar surface area (TPSA) is 74.0 Å². The van der Waals surface area contributed by atoms with Crippen LogP contribution in [0.25, 0.3) is 10.9 Å². The summed E-state index contributed by atoms with van der Waals surface area (Å²) in [6.07, 6.45) is 10.2. The van der Waals surface area contributed by atoms with Gasteiger partial charge in [0.15, 0.2) is 0 Å². The predicted octanol–water partition coefficient (Wildman–Crippen LogP) is 3.47. The molecule has 0 spiro atoms. The quantitative estimate of drug-likeness (QED) is 0.708. The van der Waals surface area contributed by atoms with Gasteiger partial charge in [-0.1, -0.05) is 19.3 Å². The fraction of sp³-hybridized carbons (Fsp3) is 0.545. The number of benzene rings is 1. The Labute approximate surface area is 160 Å². The van der Waals surface area contributed by atoms with Crippen molar-refractivity contribution < 1.29 is 9.59 Å². The third-order valence-electron chi connectivity index (χ3n) is 6.05. The van der Waals surface area contributed by atoms with Crippen LogP contribution in [0.4, 0.5) is 0 Å². The Bertz CT molecular complexity index is 833. The second-order valence-electron chi connectivity index (χ2n) is 7.93. The Morgan fingerprint density at radius 2 is 1.74 bits per heavy atom. The van der Waals surface area contributed by atoms with Crippen LogP contribution < -0.4 is 10.6 Å². The lowest BCUT2D eigenvalue weighted by Crippen LogP contribution is -2.38. The first-order valence-corrected chi connectivity index (χ1v) is 10.4. The van der Waals surface area contributed by atoms with E-state index < -0.39 is 0 Å². The fourth-order valence-electron chi connectivity index (χ4n) is 4.52. The lowest BCUT2D eigenvalue weighted by Gasteiger charge is -2.20. The zero-order valence-electron chi connectivity index (χ0n) is 15.9. The molecule has 1 aromatic heterocycles. The van der Waals surface area contributed by atoms with Crippen LogP contribution in [-0.2, 0) is 17.6 Å². The molecule has 3 N–H and O–H groups in total. The van der Waals surface area contributed by atoms with Crippen molar-refractivity contribution >= 4 is 22.7 Å². The average molecular weight is 367 g/mol. The van der Waals surface area contributed by atoms with E-state index in [4.69, 9.17) is 0 Å². The smallest absolute Gasteiger partial charge is 0.251 e. The van der Waals surface area contributed by atoms with Crippen molar-refractivity contribution in [1.29, 1.82) is 0 Å². The van der Waals surface area contributed by atoms with E-state index in [9.17, 15) is 9.59 Å². The molecule has 0 radical (unpaired) electrons. The summed E-state index contributed by atoms with van der Waals surface area (Å²) >= 11 is 0. The maximum absolute atomic E-state index is 12.5. The van der Waals surface area contributed by atoms with Crippen LogP contribution >= 0.6 is 0 Å². The zero-order chi connectivity index (χ0) is 18.6. The third kappa shape index (κ3) is 4.02. The average Bonchev–Trinajstić information content (AvgIpc) is 3.09. The summed E-state index contributed by atoms with van der Waals surface area (Å²) in [6, 6.07) is 5.89. The molecule has 1 heterocycles. The van der Waals surface area contributed by atoms with Gasteiger partial charge < -0.3 is 15.6 Å². The highest BCUT2D eigenvalue weighted by molar-refractivity contribution is 5.99. The number of amides is 2. The first-order chi connectivity index (χ1) is 13.2. The summed E-state index contributed by atoms with van der Waals surface area (Å²) in [7, 11) is 0. The van der Waals surface area contributed by atoms with Crippen LogP contribution in [0.5, 0.6) is 0 Å². The molecule has 2 amide bonds. The number of aromatic amines is 1. The van der Waals surface area contributed by atoms with E-state index in [-0.39, 0.29) is 17.7 Å². The van der Waals surface area contributed by atoms with E-state index in [0.717, 1.165) is 44.0 Å². The minimum Gasteiger partial charge on any atom is -0.358 e. The summed E-state index contributed by atoms with van der Waals surface area (Å²) in [4.78, 5) is 28.1. The van der Waals surface area contributed by atoms with Crippen LogP contribution in [0.1, 0.15) is 66.6 Å². The zero-order valence-corrected chi connectivity index (χ0v) is 15.9. The van der Waals surface area contributed by atoms with Crippen LogP contribution in [0.2, 0.25) is 0 Å². The van der Waals surface area contributed by atoms with Gasteiger partial charge in [0.25, 0.3) is 5.91 Å². The molecule has 0 bridgehead atoms. The van der Waals surface area contributed by atoms with E-state index in [2.05, 4.69) is 15.6 Å². The summed E-state index contributed by atoms with van der Waals surface area (Å²) in [5, 5.41) is 7.08. The number of H-pyrrole nitrogens is 1. The number of hydrogen-bond acceptors (Lipinski definition) is 2. The molecule has 5 nitrogen and oxygen atoms in total. The third-order valence-corrected chi connectivity index (χ3v) is 6.05. The van der Waals surface area contributed by atoms with E-state index in [0.29, 0.717) is 18.7 Å². The van der Waals surface area contributed by atoms with Crippen molar-refractivity contribution in [2.24, 2.45) is 5.92 Å². The minimum absolute atomic E-state index is 0.0745. The number of fused-ring (bicyclic) bond motifs is 3. The van der Waals surface area contributed by atoms with E-state index in [1.54, 1.807) is 0 Å². The van der Waals surface area contributed by atoms with Gasteiger partial charge in [0.05, 0.1) is 0 Å². The first-order valence-electron chi connectivity index (χ1n) is 10.4. The Morgan fingerprint density at radius 1 is 0.963 bits per heavy atom. The molecule has 1 fully saturated rings. The van der Waals surface area contributed by atoms with Gasteiger partial charge in [0.2, 0.25) is 5.91 Å². The highest BCUT2D eigenvalue weighted by Crippen LogP contribution is 2.29. The first kappa shape index (κ1) is 18.1. The van der Waals surface area contributed by atoms with Crippen LogP contribution in [-0.4, -0.2) is 29.9 Å². The second-order valence-corrected chi connectivity index (χ2v) is 7.93. The summed E-state index contributed by atoms with van der Waals surface area (Å²) < 4.78 is 0. The van der Waals surface area contributed by atoms with Crippen molar-refractivity contribution in [3.05, 3.63) is 35.0 Å². The van der Waals surface area contributed by atoms with E-state index >= 15 is 0 Å². The summed E-state index contributed by atoms with van der Waals surface area (Å²) in [5.74, 6) is 0.232. The number of carbonyl (C=O) groups excluding carboxylic acids is 2. The molecular formula is C22H29N3O2. The van der Waals surface area contributed by atoms with Gasteiger partial charge in [-0.25, -0.2) is 0 Å². The number of carbonyl (C=O) groups is 2. The molecule has 2 aliphatic carbocycles. The van der Waals surface area contributed by atoms with Crippen molar-refractivity contribution in [2.45, 2.75) is 57.8 Å². The molecule has 2 aliphatic rings. The standard InChI is InChI=1S/C22H29N3O2/c26-21(15-6-2-1-3-7-15)23-12-13-24-22(27)16-10-11-20-18(14-16)17-8-4-5-9-19(17)25-20/h10-11,14-15,25H,1-9,12-13H2,(H,23,26)(H,24,27). The Hall–Kier alpha value is -2.30. The van der Waals surface area contributed by atoms with Crippen molar-refractivity contribution in [3.63, 3.8) is 0 Å². The number of aryl methyl sites for hydroxylation is 2. The largest absolute Gasteiger partial charge is 0.358 e. The molecule has 0 aliphatic heterocycles. The monoisotopic (exact) mass is 367 g/mol. The van der Waals surface area contributed by atoms with Crippen LogP contribution in [0.3, 0.4) is 0 Å². The summed E-state index contributed by atoms with van der Waals surface area (Å²) in [5.41, 5.74) is 4.52. The molecular weight excluding hydrogens is 338 g/mol. The Morgan fingerprint density at radius 3 is 2.59 bits per heavy atom. The number of nitrogens with one attached hydrogen (secondary N) is 3. The molecule has 2 aromatic rings. The van der Waals surface area contributed by atoms with Crippen molar-refractivity contribution in [2.75, 3.05) is 13.1 Å². The molecule has 144 valence electrons.